The second kappa shape index (κ2) is 7.50. The average molecular weight is 372 g/mol. The van der Waals surface area contributed by atoms with Crippen LogP contribution >= 0.6 is 11.8 Å². The lowest BCUT2D eigenvalue weighted by molar-refractivity contribution is 0.565. The lowest BCUT2D eigenvalue weighted by atomic mass is 10.1. The van der Waals surface area contributed by atoms with Crippen LogP contribution < -0.4 is 10.5 Å². The van der Waals surface area contributed by atoms with E-state index in [0.29, 0.717) is 17.0 Å². The van der Waals surface area contributed by atoms with E-state index in [-0.39, 0.29) is 10.9 Å². The topological polar surface area (TPSA) is 72.2 Å². The second-order valence-corrected chi connectivity index (χ2v) is 8.15. The molecule has 0 fully saturated rings. The molecule has 0 amide bonds. The Labute approximate surface area is 144 Å². The maximum Gasteiger partial charge on any atom is 0.229 e. The fraction of sp³-hybridized carbons (Fsp3) is 0.250. The third-order valence-corrected chi connectivity index (χ3v) is 4.98. The Kier molecular flexibility index (Phi) is 5.84. The normalized spacial score (nSPS) is 12.9. The Balaban J connectivity index is 2.46. The molecule has 0 aliphatic rings. The first-order chi connectivity index (χ1) is 11.2. The van der Waals surface area contributed by atoms with Gasteiger partial charge in [0, 0.05) is 21.9 Å². The number of benzene rings is 2. The molecule has 0 spiro atoms. The monoisotopic (exact) mass is 372 g/mol. The summed E-state index contributed by atoms with van der Waals surface area (Å²) in [6.07, 6.45) is 1.74. The SMILES string of the molecule is CCC(N)c1ccc(NS(C)(=O)=O)c(Sc2ccc(F)cc2F)c1. The number of anilines is 1. The largest absolute Gasteiger partial charge is 0.324 e. The van der Waals surface area contributed by atoms with Crippen LogP contribution in [0.15, 0.2) is 46.2 Å². The minimum Gasteiger partial charge on any atom is -0.324 e. The molecule has 0 heterocycles. The highest BCUT2D eigenvalue weighted by Crippen LogP contribution is 2.37. The molecule has 1 unspecified atom stereocenters. The van der Waals surface area contributed by atoms with Gasteiger partial charge in [0.2, 0.25) is 10.0 Å². The van der Waals surface area contributed by atoms with Gasteiger partial charge in [-0.2, -0.15) is 0 Å². The van der Waals surface area contributed by atoms with Crippen LogP contribution in [0.4, 0.5) is 14.5 Å². The van der Waals surface area contributed by atoms with Gasteiger partial charge in [-0.05, 0) is 36.2 Å². The van der Waals surface area contributed by atoms with Crippen LogP contribution in [-0.4, -0.2) is 14.7 Å². The van der Waals surface area contributed by atoms with Crippen molar-refractivity contribution in [1.82, 2.24) is 0 Å². The summed E-state index contributed by atoms with van der Waals surface area (Å²) < 4.78 is 52.4. The lowest BCUT2D eigenvalue weighted by Crippen LogP contribution is -2.12. The zero-order valence-corrected chi connectivity index (χ0v) is 14.8. The van der Waals surface area contributed by atoms with Crippen molar-refractivity contribution in [2.45, 2.75) is 29.2 Å². The summed E-state index contributed by atoms with van der Waals surface area (Å²) in [7, 11) is -3.50. The van der Waals surface area contributed by atoms with E-state index >= 15 is 0 Å². The van der Waals surface area contributed by atoms with Gasteiger partial charge in [0.1, 0.15) is 11.6 Å². The minimum absolute atomic E-state index is 0.190. The van der Waals surface area contributed by atoms with Gasteiger partial charge in [-0.15, -0.1) is 0 Å². The summed E-state index contributed by atoms with van der Waals surface area (Å²) in [5.41, 5.74) is 7.14. The summed E-state index contributed by atoms with van der Waals surface area (Å²) in [5, 5.41) is 0. The summed E-state index contributed by atoms with van der Waals surface area (Å²) in [4.78, 5) is 0.683. The predicted molar refractivity (Wildman–Crippen MR) is 92.6 cm³/mol. The first kappa shape index (κ1) is 18.7. The molecule has 0 aliphatic heterocycles. The molecule has 3 N–H and O–H groups in total. The van der Waals surface area contributed by atoms with Gasteiger partial charge in [0.15, 0.2) is 0 Å². The van der Waals surface area contributed by atoms with E-state index in [1.54, 1.807) is 18.2 Å². The van der Waals surface area contributed by atoms with E-state index in [9.17, 15) is 17.2 Å². The molecule has 2 aromatic carbocycles. The fourth-order valence-corrected chi connectivity index (χ4v) is 3.65. The van der Waals surface area contributed by atoms with Gasteiger partial charge in [-0.3, -0.25) is 4.72 Å². The number of hydrogen-bond donors (Lipinski definition) is 2. The number of halogens is 2. The van der Waals surface area contributed by atoms with Crippen LogP contribution in [0.1, 0.15) is 24.9 Å². The van der Waals surface area contributed by atoms with Crippen molar-refractivity contribution < 1.29 is 17.2 Å². The maximum atomic E-state index is 13.9. The standard InChI is InChI=1S/C16H18F2N2O2S2/c1-3-13(19)10-4-6-14(20-24(2,21)22)16(8-10)23-15-7-5-11(17)9-12(15)18/h4-9,13,20H,3,19H2,1-2H3. The molecule has 0 bridgehead atoms. The first-order valence-corrected chi connectivity index (χ1v) is 9.90. The van der Waals surface area contributed by atoms with E-state index in [4.69, 9.17) is 5.73 Å². The lowest BCUT2D eigenvalue weighted by Gasteiger charge is -2.15. The molecule has 2 rings (SSSR count). The Morgan fingerprint density at radius 3 is 2.46 bits per heavy atom. The molecule has 1 atom stereocenters. The fourth-order valence-electron chi connectivity index (χ4n) is 2.05. The second-order valence-electron chi connectivity index (χ2n) is 5.32. The molecule has 8 heteroatoms. The van der Waals surface area contributed by atoms with Crippen molar-refractivity contribution in [2.75, 3.05) is 11.0 Å². The van der Waals surface area contributed by atoms with E-state index in [2.05, 4.69) is 4.72 Å². The molecule has 130 valence electrons. The van der Waals surface area contributed by atoms with Crippen LogP contribution in [0.2, 0.25) is 0 Å². The smallest absolute Gasteiger partial charge is 0.229 e. The molecule has 0 saturated heterocycles. The van der Waals surface area contributed by atoms with Crippen LogP contribution in [0.25, 0.3) is 0 Å². The molecule has 0 aliphatic carbocycles. The van der Waals surface area contributed by atoms with Crippen molar-refractivity contribution >= 4 is 27.5 Å². The number of nitrogens with two attached hydrogens (primary N) is 1. The zero-order valence-electron chi connectivity index (χ0n) is 13.2. The number of rotatable bonds is 6. The molecule has 2 aromatic rings. The van der Waals surface area contributed by atoms with Crippen molar-refractivity contribution in [3.8, 4) is 0 Å². The van der Waals surface area contributed by atoms with Gasteiger partial charge < -0.3 is 5.73 Å². The average Bonchev–Trinajstić information content (AvgIpc) is 2.49. The summed E-state index contributed by atoms with van der Waals surface area (Å²) in [6, 6.07) is 8.07. The van der Waals surface area contributed by atoms with E-state index in [0.717, 1.165) is 35.7 Å². The zero-order chi connectivity index (χ0) is 17.9. The van der Waals surface area contributed by atoms with Gasteiger partial charge in [0.05, 0.1) is 11.9 Å². The quantitative estimate of drug-likeness (QED) is 0.807. The predicted octanol–water partition coefficient (Wildman–Crippen LogP) is 3.90. The van der Waals surface area contributed by atoms with Crippen molar-refractivity contribution in [3.05, 3.63) is 53.6 Å². The third-order valence-electron chi connectivity index (χ3n) is 3.28. The Morgan fingerprint density at radius 2 is 1.88 bits per heavy atom. The van der Waals surface area contributed by atoms with E-state index in [1.165, 1.54) is 6.07 Å². The highest BCUT2D eigenvalue weighted by Gasteiger charge is 2.14. The minimum atomic E-state index is -3.50. The van der Waals surface area contributed by atoms with Crippen molar-refractivity contribution in [2.24, 2.45) is 5.73 Å². The van der Waals surface area contributed by atoms with Gasteiger partial charge in [-0.25, -0.2) is 17.2 Å². The van der Waals surface area contributed by atoms with Crippen LogP contribution in [-0.2, 0) is 10.0 Å². The maximum absolute atomic E-state index is 13.9. The van der Waals surface area contributed by atoms with Crippen LogP contribution in [0.3, 0.4) is 0 Å². The van der Waals surface area contributed by atoms with Crippen LogP contribution in [0.5, 0.6) is 0 Å². The van der Waals surface area contributed by atoms with Gasteiger partial charge in [0.25, 0.3) is 0 Å². The Bertz CT molecular complexity index is 842. The van der Waals surface area contributed by atoms with Crippen molar-refractivity contribution in [1.29, 1.82) is 0 Å². The van der Waals surface area contributed by atoms with E-state index in [1.807, 2.05) is 6.92 Å². The number of hydrogen-bond acceptors (Lipinski definition) is 4. The highest BCUT2D eigenvalue weighted by atomic mass is 32.2. The van der Waals surface area contributed by atoms with E-state index < -0.39 is 21.7 Å². The first-order valence-electron chi connectivity index (χ1n) is 7.20. The van der Waals surface area contributed by atoms with Gasteiger partial charge >= 0.3 is 0 Å². The molecule has 0 radical (unpaired) electrons. The molecular weight excluding hydrogens is 354 g/mol. The number of sulfonamides is 1. The Morgan fingerprint density at radius 1 is 1.17 bits per heavy atom. The third kappa shape index (κ3) is 4.93. The summed E-state index contributed by atoms with van der Waals surface area (Å²) in [5.74, 6) is -1.39. The summed E-state index contributed by atoms with van der Waals surface area (Å²) >= 11 is 1.01. The van der Waals surface area contributed by atoms with Gasteiger partial charge in [-0.1, -0.05) is 24.8 Å². The molecule has 4 nitrogen and oxygen atoms in total. The molecule has 0 aromatic heterocycles. The summed E-state index contributed by atoms with van der Waals surface area (Å²) in [6.45, 7) is 1.93. The van der Waals surface area contributed by atoms with Crippen molar-refractivity contribution in [3.63, 3.8) is 0 Å². The Hall–Kier alpha value is -1.64. The highest BCUT2D eigenvalue weighted by molar-refractivity contribution is 7.99. The molecule has 0 saturated carbocycles. The molecular formula is C16H18F2N2O2S2. The van der Waals surface area contributed by atoms with Crippen LogP contribution in [0, 0.1) is 11.6 Å². The molecule has 24 heavy (non-hydrogen) atoms. The number of nitrogens with one attached hydrogen (secondary N) is 1.